The van der Waals surface area contributed by atoms with Crippen LogP contribution in [0.25, 0.3) is 0 Å². The van der Waals surface area contributed by atoms with Gasteiger partial charge in [-0.2, -0.15) is 0 Å². The van der Waals surface area contributed by atoms with Crippen molar-refractivity contribution in [2.75, 3.05) is 13.2 Å². The molecule has 0 aliphatic rings. The molecule has 6 heteroatoms. The van der Waals surface area contributed by atoms with Crippen molar-refractivity contribution in [3.05, 3.63) is 29.8 Å². The van der Waals surface area contributed by atoms with Gasteiger partial charge in [0.25, 0.3) is 0 Å². The van der Waals surface area contributed by atoms with Crippen LogP contribution in [0, 0.1) is 0 Å². The lowest BCUT2D eigenvalue weighted by molar-refractivity contribution is -0.143. The summed E-state index contributed by atoms with van der Waals surface area (Å²) in [5.41, 5.74) is 1.13. The third-order valence-corrected chi connectivity index (χ3v) is 5.00. The minimum atomic E-state index is -3.52. The van der Waals surface area contributed by atoms with Crippen molar-refractivity contribution in [1.82, 2.24) is 4.72 Å². The number of carbonyl (C=O) groups excluding carboxylic acids is 1. The predicted molar refractivity (Wildman–Crippen MR) is 86.2 cm³/mol. The van der Waals surface area contributed by atoms with Gasteiger partial charge in [0, 0.05) is 13.0 Å². The standard InChI is InChI=1S/C16H25NO4S/c1-4-13(3)14-8-10-15(11-9-14)22(19,20)17-12-6-7-16(18)21-5-2/h8-11,13,17H,4-7,12H2,1-3H3. The summed E-state index contributed by atoms with van der Waals surface area (Å²) >= 11 is 0. The fraction of sp³-hybridized carbons (Fsp3) is 0.562. The summed E-state index contributed by atoms with van der Waals surface area (Å²) in [6, 6.07) is 6.94. The van der Waals surface area contributed by atoms with E-state index in [1.54, 1.807) is 19.1 Å². The van der Waals surface area contributed by atoms with Crippen LogP contribution in [-0.2, 0) is 19.6 Å². The van der Waals surface area contributed by atoms with Crippen LogP contribution in [-0.4, -0.2) is 27.5 Å². The number of rotatable bonds is 9. The van der Waals surface area contributed by atoms with Crippen LogP contribution in [0.15, 0.2) is 29.2 Å². The minimum Gasteiger partial charge on any atom is -0.466 e. The Kier molecular flexibility index (Phi) is 7.55. The monoisotopic (exact) mass is 327 g/mol. The number of hydrogen-bond donors (Lipinski definition) is 1. The summed E-state index contributed by atoms with van der Waals surface area (Å²) in [4.78, 5) is 11.4. The van der Waals surface area contributed by atoms with Gasteiger partial charge < -0.3 is 4.74 Å². The third-order valence-electron chi connectivity index (χ3n) is 3.53. The highest BCUT2D eigenvalue weighted by Crippen LogP contribution is 2.20. The average molecular weight is 327 g/mol. The van der Waals surface area contributed by atoms with Gasteiger partial charge in [-0.1, -0.05) is 26.0 Å². The first kappa shape index (κ1) is 18.6. The Hall–Kier alpha value is -1.40. The molecule has 1 unspecified atom stereocenters. The molecule has 1 aromatic rings. The smallest absolute Gasteiger partial charge is 0.305 e. The van der Waals surface area contributed by atoms with Crippen LogP contribution in [0.3, 0.4) is 0 Å². The highest BCUT2D eigenvalue weighted by Gasteiger charge is 2.14. The zero-order valence-corrected chi connectivity index (χ0v) is 14.3. The van der Waals surface area contributed by atoms with Crippen molar-refractivity contribution in [2.45, 2.75) is 50.8 Å². The molecule has 1 rings (SSSR count). The molecule has 0 aromatic heterocycles. The molecule has 0 aliphatic heterocycles. The van der Waals surface area contributed by atoms with Crippen molar-refractivity contribution in [2.24, 2.45) is 0 Å². The van der Waals surface area contributed by atoms with E-state index >= 15 is 0 Å². The van der Waals surface area contributed by atoms with E-state index in [4.69, 9.17) is 4.74 Å². The highest BCUT2D eigenvalue weighted by molar-refractivity contribution is 7.89. The molecule has 0 heterocycles. The topological polar surface area (TPSA) is 72.5 Å². The number of carbonyl (C=O) groups is 1. The number of nitrogens with one attached hydrogen (secondary N) is 1. The van der Waals surface area contributed by atoms with E-state index in [0.29, 0.717) is 18.9 Å². The quantitative estimate of drug-likeness (QED) is 0.559. The van der Waals surface area contributed by atoms with Crippen molar-refractivity contribution in [3.63, 3.8) is 0 Å². The number of ether oxygens (including phenoxy) is 1. The lowest BCUT2D eigenvalue weighted by atomic mass is 9.99. The summed E-state index contributed by atoms with van der Waals surface area (Å²) in [7, 11) is -3.52. The summed E-state index contributed by atoms with van der Waals surface area (Å²) in [6.07, 6.45) is 1.64. The SMILES string of the molecule is CCOC(=O)CCCNS(=O)(=O)c1ccc(C(C)CC)cc1. The Bertz CT molecular complexity index is 566. The second-order valence-corrected chi connectivity index (χ2v) is 6.95. The second-order valence-electron chi connectivity index (χ2n) is 5.18. The summed E-state index contributed by atoms with van der Waals surface area (Å²) in [6.45, 7) is 6.50. The summed E-state index contributed by atoms with van der Waals surface area (Å²) in [5, 5.41) is 0. The molecule has 5 nitrogen and oxygen atoms in total. The Morgan fingerprint density at radius 1 is 1.23 bits per heavy atom. The molecule has 0 aliphatic carbocycles. The Morgan fingerprint density at radius 3 is 2.41 bits per heavy atom. The largest absolute Gasteiger partial charge is 0.466 e. The van der Waals surface area contributed by atoms with Crippen LogP contribution in [0.2, 0.25) is 0 Å². The molecule has 22 heavy (non-hydrogen) atoms. The summed E-state index contributed by atoms with van der Waals surface area (Å²) in [5.74, 6) is 0.105. The predicted octanol–water partition coefficient (Wildman–Crippen LogP) is 2.82. The average Bonchev–Trinajstić information content (AvgIpc) is 2.51. The molecule has 1 aromatic carbocycles. The van der Waals surface area contributed by atoms with Crippen LogP contribution in [0.1, 0.15) is 51.5 Å². The number of esters is 1. The Morgan fingerprint density at radius 2 is 1.86 bits per heavy atom. The van der Waals surface area contributed by atoms with E-state index in [0.717, 1.165) is 12.0 Å². The van der Waals surface area contributed by atoms with Gasteiger partial charge >= 0.3 is 5.97 Å². The van der Waals surface area contributed by atoms with Crippen molar-refractivity contribution >= 4 is 16.0 Å². The van der Waals surface area contributed by atoms with E-state index in [9.17, 15) is 13.2 Å². The van der Waals surface area contributed by atoms with E-state index in [1.165, 1.54) is 0 Å². The molecule has 0 amide bonds. The van der Waals surface area contributed by atoms with Crippen LogP contribution in [0.4, 0.5) is 0 Å². The molecular formula is C16H25NO4S. The zero-order chi connectivity index (χ0) is 16.6. The number of hydrogen-bond acceptors (Lipinski definition) is 4. The normalized spacial score (nSPS) is 12.9. The molecule has 124 valence electrons. The maximum Gasteiger partial charge on any atom is 0.305 e. The molecule has 0 saturated heterocycles. The minimum absolute atomic E-state index is 0.212. The Balaban J connectivity index is 2.54. The highest BCUT2D eigenvalue weighted by atomic mass is 32.2. The lowest BCUT2D eigenvalue weighted by Crippen LogP contribution is -2.25. The maximum absolute atomic E-state index is 12.1. The maximum atomic E-state index is 12.1. The van der Waals surface area contributed by atoms with Crippen LogP contribution >= 0.6 is 0 Å². The lowest BCUT2D eigenvalue weighted by Gasteiger charge is -2.11. The number of sulfonamides is 1. The van der Waals surface area contributed by atoms with E-state index in [1.807, 2.05) is 12.1 Å². The molecule has 0 saturated carbocycles. The first-order valence-electron chi connectivity index (χ1n) is 7.66. The fourth-order valence-corrected chi connectivity index (χ4v) is 3.04. The number of benzene rings is 1. The van der Waals surface area contributed by atoms with E-state index in [2.05, 4.69) is 18.6 Å². The van der Waals surface area contributed by atoms with Crippen molar-refractivity contribution in [3.8, 4) is 0 Å². The summed E-state index contributed by atoms with van der Waals surface area (Å²) < 4.78 is 31.5. The van der Waals surface area contributed by atoms with E-state index in [-0.39, 0.29) is 23.8 Å². The molecule has 0 radical (unpaired) electrons. The first-order valence-corrected chi connectivity index (χ1v) is 9.14. The molecule has 1 N–H and O–H groups in total. The second kappa shape index (κ2) is 8.90. The van der Waals surface area contributed by atoms with Crippen molar-refractivity contribution < 1.29 is 17.9 Å². The van der Waals surface area contributed by atoms with Crippen LogP contribution < -0.4 is 4.72 Å². The molecule has 0 fully saturated rings. The molecular weight excluding hydrogens is 302 g/mol. The Labute approximate surface area is 133 Å². The molecule has 0 spiro atoms. The van der Waals surface area contributed by atoms with Gasteiger partial charge in [-0.25, -0.2) is 13.1 Å². The van der Waals surface area contributed by atoms with Gasteiger partial charge in [-0.3, -0.25) is 4.79 Å². The first-order chi connectivity index (χ1) is 10.4. The van der Waals surface area contributed by atoms with Gasteiger partial charge in [0.15, 0.2) is 0 Å². The zero-order valence-electron chi connectivity index (χ0n) is 13.5. The van der Waals surface area contributed by atoms with Gasteiger partial charge in [0.1, 0.15) is 0 Å². The third kappa shape index (κ3) is 5.77. The fourth-order valence-electron chi connectivity index (χ4n) is 1.97. The van der Waals surface area contributed by atoms with Crippen LogP contribution in [0.5, 0.6) is 0 Å². The molecule has 0 bridgehead atoms. The van der Waals surface area contributed by atoms with Gasteiger partial charge in [-0.15, -0.1) is 0 Å². The van der Waals surface area contributed by atoms with E-state index < -0.39 is 10.0 Å². The molecule has 1 atom stereocenters. The van der Waals surface area contributed by atoms with Gasteiger partial charge in [-0.05, 0) is 43.4 Å². The van der Waals surface area contributed by atoms with Gasteiger partial charge in [0.2, 0.25) is 10.0 Å². The van der Waals surface area contributed by atoms with Crippen molar-refractivity contribution in [1.29, 1.82) is 0 Å². The van der Waals surface area contributed by atoms with Gasteiger partial charge in [0.05, 0.1) is 11.5 Å².